The largest absolute Gasteiger partial charge is 0.508 e. The van der Waals surface area contributed by atoms with Gasteiger partial charge in [0.25, 0.3) is 0 Å². The van der Waals surface area contributed by atoms with E-state index >= 15 is 0 Å². The molecule has 0 aliphatic heterocycles. The van der Waals surface area contributed by atoms with Gasteiger partial charge in [-0.25, -0.2) is 4.79 Å². The van der Waals surface area contributed by atoms with Crippen LogP contribution in [0.2, 0.25) is 0 Å². The van der Waals surface area contributed by atoms with E-state index in [9.17, 15) is 9.59 Å². The summed E-state index contributed by atoms with van der Waals surface area (Å²) in [5, 5.41) is 8.65. The Morgan fingerprint density at radius 3 is 2.23 bits per heavy atom. The van der Waals surface area contributed by atoms with Crippen molar-refractivity contribution in [3.8, 4) is 0 Å². The van der Waals surface area contributed by atoms with Gasteiger partial charge in [-0.05, 0) is 20.8 Å². The zero-order valence-corrected chi connectivity index (χ0v) is 7.99. The van der Waals surface area contributed by atoms with Crippen molar-refractivity contribution >= 4 is 12.1 Å². The minimum absolute atomic E-state index is 0.193. The van der Waals surface area contributed by atoms with Crippen molar-refractivity contribution in [1.29, 1.82) is 0 Å². The number of hydrogen-bond donors (Lipinski definition) is 1. The zero-order valence-electron chi connectivity index (χ0n) is 7.99. The maximum absolute atomic E-state index is 10.7. The Kier molecular flexibility index (Phi) is 4.23. The fraction of sp³-hybridized carbons (Fsp3) is 0.750. The van der Waals surface area contributed by atoms with Gasteiger partial charge in [0, 0.05) is 0 Å². The van der Waals surface area contributed by atoms with Gasteiger partial charge in [0.15, 0.2) is 0 Å². The third-order valence-corrected chi connectivity index (χ3v) is 1.39. The topological polar surface area (TPSA) is 72.8 Å². The second kappa shape index (κ2) is 4.69. The first kappa shape index (κ1) is 11.7. The summed E-state index contributed by atoms with van der Waals surface area (Å²) >= 11 is 0. The second-order valence-corrected chi connectivity index (χ2v) is 3.16. The summed E-state index contributed by atoms with van der Waals surface area (Å²) in [6, 6.07) is 0. The molecule has 0 bridgehead atoms. The Hall–Kier alpha value is -1.26. The first-order chi connectivity index (χ1) is 5.90. The van der Waals surface area contributed by atoms with E-state index in [0.29, 0.717) is 0 Å². The molecule has 0 saturated heterocycles. The normalized spacial score (nSPS) is 10.7. The molecule has 5 nitrogen and oxygen atoms in total. The number of carboxylic acid groups (broad SMARTS) is 1. The third kappa shape index (κ3) is 4.35. The SMILES string of the molecule is CCOC(=O)OCC(C)(C)C(=O)O. The summed E-state index contributed by atoms with van der Waals surface area (Å²) in [6.45, 7) is 4.60. The maximum Gasteiger partial charge on any atom is 0.508 e. The zero-order chi connectivity index (χ0) is 10.5. The van der Waals surface area contributed by atoms with Crippen LogP contribution in [0.1, 0.15) is 20.8 Å². The highest BCUT2D eigenvalue weighted by Crippen LogP contribution is 2.15. The number of carbonyl (C=O) groups excluding carboxylic acids is 1. The Morgan fingerprint density at radius 2 is 1.85 bits per heavy atom. The van der Waals surface area contributed by atoms with Gasteiger partial charge in [-0.2, -0.15) is 0 Å². The van der Waals surface area contributed by atoms with Gasteiger partial charge in [0.2, 0.25) is 0 Å². The molecule has 0 aromatic heterocycles. The fourth-order valence-electron chi connectivity index (χ4n) is 0.461. The first-order valence-corrected chi connectivity index (χ1v) is 3.93. The van der Waals surface area contributed by atoms with Gasteiger partial charge in [-0.3, -0.25) is 4.79 Å². The first-order valence-electron chi connectivity index (χ1n) is 3.93. The number of carbonyl (C=O) groups is 2. The van der Waals surface area contributed by atoms with E-state index in [2.05, 4.69) is 9.47 Å². The molecular formula is C8H14O5. The van der Waals surface area contributed by atoms with Gasteiger partial charge in [-0.15, -0.1) is 0 Å². The van der Waals surface area contributed by atoms with Crippen LogP contribution in [-0.4, -0.2) is 30.4 Å². The summed E-state index contributed by atoms with van der Waals surface area (Å²) in [6.07, 6.45) is -0.836. The van der Waals surface area contributed by atoms with Crippen LogP contribution in [0.5, 0.6) is 0 Å². The minimum Gasteiger partial charge on any atom is -0.481 e. The summed E-state index contributed by atoms with van der Waals surface area (Å²) in [5.41, 5.74) is -1.08. The molecule has 13 heavy (non-hydrogen) atoms. The third-order valence-electron chi connectivity index (χ3n) is 1.39. The van der Waals surface area contributed by atoms with Crippen molar-refractivity contribution in [2.75, 3.05) is 13.2 Å². The lowest BCUT2D eigenvalue weighted by Gasteiger charge is -2.17. The summed E-state index contributed by atoms with van der Waals surface area (Å²) in [5.74, 6) is -1.02. The molecule has 0 aliphatic carbocycles. The summed E-state index contributed by atoms with van der Waals surface area (Å²) < 4.78 is 9.03. The van der Waals surface area contributed by atoms with Crippen molar-refractivity contribution in [1.82, 2.24) is 0 Å². The molecular weight excluding hydrogens is 176 g/mol. The van der Waals surface area contributed by atoms with Crippen molar-refractivity contribution in [2.24, 2.45) is 5.41 Å². The van der Waals surface area contributed by atoms with E-state index in [0.717, 1.165) is 0 Å². The number of rotatable bonds is 4. The van der Waals surface area contributed by atoms with Crippen LogP contribution >= 0.6 is 0 Å². The number of carboxylic acids is 1. The number of aliphatic carboxylic acids is 1. The lowest BCUT2D eigenvalue weighted by molar-refractivity contribution is -0.149. The average Bonchev–Trinajstić information content (AvgIpc) is 2.01. The van der Waals surface area contributed by atoms with E-state index in [-0.39, 0.29) is 13.2 Å². The predicted molar refractivity (Wildman–Crippen MR) is 44.4 cm³/mol. The molecule has 0 saturated carbocycles. The highest BCUT2D eigenvalue weighted by Gasteiger charge is 2.29. The highest BCUT2D eigenvalue weighted by atomic mass is 16.7. The van der Waals surface area contributed by atoms with Crippen LogP contribution in [0.15, 0.2) is 0 Å². The fourth-order valence-corrected chi connectivity index (χ4v) is 0.461. The molecule has 0 spiro atoms. The lowest BCUT2D eigenvalue weighted by atomic mass is 9.95. The molecule has 0 atom stereocenters. The molecule has 0 rings (SSSR count). The van der Waals surface area contributed by atoms with E-state index in [1.165, 1.54) is 13.8 Å². The molecule has 0 aromatic carbocycles. The van der Waals surface area contributed by atoms with E-state index in [1.807, 2.05) is 0 Å². The molecule has 0 unspecified atom stereocenters. The van der Waals surface area contributed by atoms with Crippen LogP contribution < -0.4 is 0 Å². The van der Waals surface area contributed by atoms with Gasteiger partial charge in [0.05, 0.1) is 12.0 Å². The Labute approximate surface area is 76.6 Å². The van der Waals surface area contributed by atoms with E-state index in [1.54, 1.807) is 6.92 Å². The lowest BCUT2D eigenvalue weighted by Crippen LogP contribution is -2.30. The van der Waals surface area contributed by atoms with E-state index < -0.39 is 17.5 Å². The molecule has 0 amide bonds. The molecule has 76 valence electrons. The molecule has 5 heteroatoms. The molecule has 0 aliphatic rings. The van der Waals surface area contributed by atoms with Gasteiger partial charge >= 0.3 is 12.1 Å². The van der Waals surface area contributed by atoms with Crippen molar-refractivity contribution in [2.45, 2.75) is 20.8 Å². The van der Waals surface area contributed by atoms with Gasteiger partial charge in [-0.1, -0.05) is 0 Å². The number of hydrogen-bond acceptors (Lipinski definition) is 4. The summed E-state index contributed by atoms with van der Waals surface area (Å²) in [7, 11) is 0. The van der Waals surface area contributed by atoms with Gasteiger partial charge in [0.1, 0.15) is 6.61 Å². The predicted octanol–water partition coefficient (Wildman–Crippen LogP) is 1.27. The highest BCUT2D eigenvalue weighted by molar-refractivity contribution is 5.74. The Morgan fingerprint density at radius 1 is 1.31 bits per heavy atom. The van der Waals surface area contributed by atoms with Crippen LogP contribution in [-0.2, 0) is 14.3 Å². The minimum atomic E-state index is -1.08. The maximum atomic E-state index is 10.7. The van der Waals surface area contributed by atoms with Crippen molar-refractivity contribution in [3.05, 3.63) is 0 Å². The second-order valence-electron chi connectivity index (χ2n) is 3.16. The number of ether oxygens (including phenoxy) is 2. The van der Waals surface area contributed by atoms with Crippen molar-refractivity contribution < 1.29 is 24.2 Å². The summed E-state index contributed by atoms with van der Waals surface area (Å²) in [4.78, 5) is 21.2. The van der Waals surface area contributed by atoms with Crippen LogP contribution in [0.3, 0.4) is 0 Å². The van der Waals surface area contributed by atoms with Gasteiger partial charge < -0.3 is 14.6 Å². The molecule has 0 radical (unpaired) electrons. The van der Waals surface area contributed by atoms with Crippen molar-refractivity contribution in [3.63, 3.8) is 0 Å². The Bertz CT molecular complexity index is 197. The molecule has 0 fully saturated rings. The quantitative estimate of drug-likeness (QED) is 0.676. The standard InChI is InChI=1S/C8H14O5/c1-4-12-7(11)13-5-8(2,3)6(9)10/h4-5H2,1-3H3,(H,9,10). The van der Waals surface area contributed by atoms with Crippen LogP contribution in [0.4, 0.5) is 4.79 Å². The monoisotopic (exact) mass is 190 g/mol. The van der Waals surface area contributed by atoms with Crippen LogP contribution in [0.25, 0.3) is 0 Å². The molecule has 0 aromatic rings. The smallest absolute Gasteiger partial charge is 0.481 e. The Balaban J connectivity index is 3.88. The average molecular weight is 190 g/mol. The van der Waals surface area contributed by atoms with E-state index in [4.69, 9.17) is 5.11 Å². The van der Waals surface area contributed by atoms with Crippen LogP contribution in [0, 0.1) is 5.41 Å². The molecule has 0 heterocycles. The molecule has 1 N–H and O–H groups in total.